The summed E-state index contributed by atoms with van der Waals surface area (Å²) in [5.74, 6) is 1.59. The topological polar surface area (TPSA) is 23.9 Å². The highest BCUT2D eigenvalue weighted by molar-refractivity contribution is 5.81. The Hall–Kier alpha value is -0.330. The highest BCUT2D eigenvalue weighted by Crippen LogP contribution is 2.30. The number of nitrogens with one attached hydrogen (secondary N) is 1. The molecule has 0 aromatic rings. The minimum Gasteiger partial charge on any atom is -0.310 e. The summed E-state index contributed by atoms with van der Waals surface area (Å²) in [6.07, 6.45) is 6.60. The van der Waals surface area contributed by atoms with Gasteiger partial charge in [0.1, 0.15) is 0 Å². The molecule has 0 unspecified atom stereocenters. The molecule has 92 valence electrons. The molecular formula is C14H31N. The first kappa shape index (κ1) is 17.1. The van der Waals surface area contributed by atoms with Crippen molar-refractivity contribution in [2.45, 2.75) is 73.6 Å². The monoisotopic (exact) mass is 213 g/mol. The lowest BCUT2D eigenvalue weighted by Gasteiger charge is -2.26. The van der Waals surface area contributed by atoms with Crippen molar-refractivity contribution in [2.75, 3.05) is 0 Å². The van der Waals surface area contributed by atoms with Gasteiger partial charge in [0, 0.05) is 5.71 Å². The summed E-state index contributed by atoms with van der Waals surface area (Å²) in [5.41, 5.74) is 0.902. The van der Waals surface area contributed by atoms with E-state index in [4.69, 9.17) is 5.41 Å². The predicted molar refractivity (Wildman–Crippen MR) is 71.8 cm³/mol. The molecule has 1 N–H and O–H groups in total. The molecule has 0 amide bonds. The number of hydrogen-bond acceptors (Lipinski definition) is 1. The molecule has 0 atom stereocenters. The average Bonchev–Trinajstić information content (AvgIpc) is 2.34. The van der Waals surface area contributed by atoms with Gasteiger partial charge in [-0.15, -0.1) is 0 Å². The van der Waals surface area contributed by atoms with Gasteiger partial charge in [-0.1, -0.05) is 41.0 Å². The zero-order valence-electron chi connectivity index (χ0n) is 11.7. The standard InChI is InChI=1S/C10H19N.2C2H6/c1-3-9-4-6-10(7-5-9)8(2)11;2*1-2/h9-11H,3-7H2,1-2H3;2*1-2H3. The Morgan fingerprint density at radius 2 is 1.40 bits per heavy atom. The van der Waals surface area contributed by atoms with Crippen LogP contribution < -0.4 is 0 Å². The van der Waals surface area contributed by atoms with Crippen LogP contribution in [0.15, 0.2) is 0 Å². The van der Waals surface area contributed by atoms with Crippen molar-refractivity contribution in [1.82, 2.24) is 0 Å². The Balaban J connectivity index is 0. The highest BCUT2D eigenvalue weighted by Gasteiger charge is 2.20. The molecule has 0 radical (unpaired) electrons. The normalized spacial score (nSPS) is 24.1. The Morgan fingerprint density at radius 1 is 1.00 bits per heavy atom. The molecule has 1 aliphatic carbocycles. The molecule has 0 heterocycles. The second-order valence-electron chi connectivity index (χ2n) is 3.81. The van der Waals surface area contributed by atoms with Crippen LogP contribution in [0.2, 0.25) is 0 Å². The molecule has 15 heavy (non-hydrogen) atoms. The van der Waals surface area contributed by atoms with Crippen LogP contribution in [0.3, 0.4) is 0 Å². The molecular weight excluding hydrogens is 182 g/mol. The van der Waals surface area contributed by atoms with Crippen LogP contribution in [0.5, 0.6) is 0 Å². The number of rotatable bonds is 2. The summed E-state index contributed by atoms with van der Waals surface area (Å²) in [5, 5.41) is 7.51. The number of hydrogen-bond donors (Lipinski definition) is 1. The quantitative estimate of drug-likeness (QED) is 0.602. The summed E-state index contributed by atoms with van der Waals surface area (Å²) >= 11 is 0. The van der Waals surface area contributed by atoms with E-state index in [1.807, 2.05) is 34.6 Å². The molecule has 1 rings (SSSR count). The first-order valence-corrected chi connectivity index (χ1v) is 6.79. The van der Waals surface area contributed by atoms with Gasteiger partial charge in [-0.25, -0.2) is 0 Å². The summed E-state index contributed by atoms with van der Waals surface area (Å²) in [6, 6.07) is 0. The maximum absolute atomic E-state index is 7.51. The molecule has 0 spiro atoms. The third-order valence-corrected chi connectivity index (χ3v) is 3.04. The van der Waals surface area contributed by atoms with E-state index >= 15 is 0 Å². The molecule has 0 bridgehead atoms. The van der Waals surface area contributed by atoms with Crippen molar-refractivity contribution in [3.63, 3.8) is 0 Å². The van der Waals surface area contributed by atoms with Crippen molar-refractivity contribution >= 4 is 5.71 Å². The van der Waals surface area contributed by atoms with Crippen LogP contribution in [0, 0.1) is 17.2 Å². The van der Waals surface area contributed by atoms with Crippen molar-refractivity contribution < 1.29 is 0 Å². The molecule has 1 heteroatoms. The van der Waals surface area contributed by atoms with Crippen molar-refractivity contribution in [3.8, 4) is 0 Å². The molecule has 1 aliphatic rings. The smallest absolute Gasteiger partial charge is 0.00891 e. The Morgan fingerprint density at radius 3 is 1.67 bits per heavy atom. The minimum absolute atomic E-state index is 0.623. The van der Waals surface area contributed by atoms with Crippen molar-refractivity contribution in [2.24, 2.45) is 11.8 Å². The lowest BCUT2D eigenvalue weighted by atomic mass is 9.79. The molecule has 0 aromatic heterocycles. The average molecular weight is 213 g/mol. The molecule has 1 saturated carbocycles. The van der Waals surface area contributed by atoms with Crippen LogP contribution >= 0.6 is 0 Å². The van der Waals surface area contributed by atoms with Crippen LogP contribution in [0.4, 0.5) is 0 Å². The van der Waals surface area contributed by atoms with Gasteiger partial charge in [-0.05, 0) is 44.4 Å². The highest BCUT2D eigenvalue weighted by atomic mass is 14.4. The SMILES string of the molecule is CC.CC.CCC1CCC(C(C)=N)CC1. The largest absolute Gasteiger partial charge is 0.310 e. The van der Waals surface area contributed by atoms with E-state index in [1.165, 1.54) is 32.1 Å². The van der Waals surface area contributed by atoms with Gasteiger partial charge in [0.2, 0.25) is 0 Å². The van der Waals surface area contributed by atoms with E-state index in [0.29, 0.717) is 5.92 Å². The first-order valence-electron chi connectivity index (χ1n) is 6.79. The zero-order chi connectivity index (χ0) is 12.3. The van der Waals surface area contributed by atoms with Gasteiger partial charge in [-0.3, -0.25) is 0 Å². The van der Waals surface area contributed by atoms with Gasteiger partial charge in [0.05, 0.1) is 0 Å². The molecule has 1 fully saturated rings. The van der Waals surface area contributed by atoms with Gasteiger partial charge in [0.15, 0.2) is 0 Å². The van der Waals surface area contributed by atoms with Crippen molar-refractivity contribution in [1.29, 1.82) is 5.41 Å². The van der Waals surface area contributed by atoms with Crippen LogP contribution in [0.25, 0.3) is 0 Å². The van der Waals surface area contributed by atoms with E-state index < -0.39 is 0 Å². The van der Waals surface area contributed by atoms with E-state index in [-0.39, 0.29) is 0 Å². The second-order valence-corrected chi connectivity index (χ2v) is 3.81. The Kier molecular flexibility index (Phi) is 13.4. The maximum atomic E-state index is 7.51. The van der Waals surface area contributed by atoms with Crippen LogP contribution in [-0.2, 0) is 0 Å². The minimum atomic E-state index is 0.623. The zero-order valence-corrected chi connectivity index (χ0v) is 11.7. The summed E-state index contributed by atoms with van der Waals surface area (Å²) in [4.78, 5) is 0. The fraction of sp³-hybridized carbons (Fsp3) is 0.929. The molecule has 1 nitrogen and oxygen atoms in total. The van der Waals surface area contributed by atoms with Gasteiger partial charge in [0.25, 0.3) is 0 Å². The van der Waals surface area contributed by atoms with E-state index in [1.54, 1.807) is 0 Å². The van der Waals surface area contributed by atoms with E-state index in [0.717, 1.165) is 11.6 Å². The molecule has 0 aromatic carbocycles. The molecule has 0 saturated heterocycles. The summed E-state index contributed by atoms with van der Waals surface area (Å²) < 4.78 is 0. The summed E-state index contributed by atoms with van der Waals surface area (Å²) in [6.45, 7) is 12.2. The van der Waals surface area contributed by atoms with E-state index in [2.05, 4.69) is 6.92 Å². The second kappa shape index (κ2) is 11.7. The lowest BCUT2D eigenvalue weighted by molar-refractivity contribution is 0.314. The van der Waals surface area contributed by atoms with Crippen molar-refractivity contribution in [3.05, 3.63) is 0 Å². The Bertz CT molecular complexity index is 132. The third-order valence-electron chi connectivity index (χ3n) is 3.04. The third kappa shape index (κ3) is 7.58. The Labute approximate surface area is 97.2 Å². The first-order chi connectivity index (χ1) is 7.24. The maximum Gasteiger partial charge on any atom is 0.00891 e. The lowest BCUT2D eigenvalue weighted by Crippen LogP contribution is -2.18. The molecule has 0 aliphatic heterocycles. The summed E-state index contributed by atoms with van der Waals surface area (Å²) in [7, 11) is 0. The van der Waals surface area contributed by atoms with Crippen LogP contribution in [0.1, 0.15) is 73.6 Å². The van der Waals surface area contributed by atoms with Crippen LogP contribution in [-0.4, -0.2) is 5.71 Å². The fourth-order valence-corrected chi connectivity index (χ4v) is 2.00. The van der Waals surface area contributed by atoms with Gasteiger partial charge >= 0.3 is 0 Å². The fourth-order valence-electron chi connectivity index (χ4n) is 2.00. The van der Waals surface area contributed by atoms with E-state index in [9.17, 15) is 0 Å². The predicted octanol–water partition coefficient (Wildman–Crippen LogP) is 5.29. The van der Waals surface area contributed by atoms with Gasteiger partial charge in [-0.2, -0.15) is 0 Å². The van der Waals surface area contributed by atoms with Gasteiger partial charge < -0.3 is 5.41 Å².